The van der Waals surface area contributed by atoms with Gasteiger partial charge in [0.2, 0.25) is 18.3 Å². The molecule has 3 aliphatic rings. The molecule has 0 bridgehead atoms. The smallest absolute Gasteiger partial charge is 0.402 e. The van der Waals surface area contributed by atoms with Crippen LogP contribution in [0.1, 0.15) is 11.1 Å². The van der Waals surface area contributed by atoms with Crippen LogP contribution in [-0.2, 0) is 38.0 Å². The van der Waals surface area contributed by atoms with E-state index in [1.807, 2.05) is 0 Å². The first-order chi connectivity index (χ1) is 37.8. The van der Waals surface area contributed by atoms with Crippen molar-refractivity contribution in [3.05, 3.63) is 102 Å². The highest BCUT2D eigenvalue weighted by Crippen LogP contribution is 2.43. The maximum atomic E-state index is 13.4. The van der Waals surface area contributed by atoms with Gasteiger partial charge in [-0.1, -0.05) is 12.1 Å². The van der Waals surface area contributed by atoms with Crippen molar-refractivity contribution < 1.29 is 128 Å². The number of carbonyl (C=O) groups excluding carboxylic acids is 2. The van der Waals surface area contributed by atoms with Crippen molar-refractivity contribution in [3.8, 4) is 57.3 Å². The highest BCUT2D eigenvalue weighted by molar-refractivity contribution is 5.89. The Morgan fingerprint density at radius 2 is 1.09 bits per heavy atom. The Bertz CT molecular complexity index is 2980. The Morgan fingerprint density at radius 1 is 0.544 bits per heavy atom. The molecule has 0 spiro atoms. The fourth-order valence-electron chi connectivity index (χ4n) is 8.62. The average Bonchev–Trinajstić information content (AvgIpc) is 3.44. The molecule has 4 aromatic carbocycles. The number of fused-ring (bicyclic) bond motifs is 1. The molecule has 26 nitrogen and oxygen atoms in total. The quantitative estimate of drug-likeness (QED) is 0.0310. The van der Waals surface area contributed by atoms with E-state index in [-0.39, 0.29) is 62.5 Å². The molecule has 15 unspecified atom stereocenters. The highest BCUT2D eigenvalue weighted by Gasteiger charge is 2.54. The van der Waals surface area contributed by atoms with E-state index in [9.17, 15) is 76.0 Å². The van der Waals surface area contributed by atoms with E-state index >= 15 is 0 Å². The van der Waals surface area contributed by atoms with E-state index in [1.165, 1.54) is 93.1 Å². The molecule has 1 aromatic heterocycles. The van der Waals surface area contributed by atoms with E-state index in [0.717, 1.165) is 24.3 Å². The molecule has 79 heavy (non-hydrogen) atoms. The average molecular weight is 1110 g/mol. The van der Waals surface area contributed by atoms with Crippen LogP contribution in [0.4, 0.5) is 0 Å². The van der Waals surface area contributed by atoms with Gasteiger partial charge in [-0.15, -0.1) is 0 Å². The van der Waals surface area contributed by atoms with E-state index in [0.29, 0.717) is 11.1 Å². The molecule has 3 fully saturated rings. The largest absolute Gasteiger partial charge is 0.508 e. The Balaban J connectivity index is 1.17. The van der Waals surface area contributed by atoms with Gasteiger partial charge in [0.1, 0.15) is 90.3 Å². The summed E-state index contributed by atoms with van der Waals surface area (Å²) in [6.45, 7) is -2.53. The van der Waals surface area contributed by atoms with Gasteiger partial charge < -0.3 is 114 Å². The van der Waals surface area contributed by atoms with Gasteiger partial charge in [0.25, 0.3) is 0 Å². The number of phenolic OH excluding ortho intramolecular Hbond substituents is 4. The molecular weight excluding hydrogens is 1050 g/mol. The molecule has 0 saturated carbocycles. The van der Waals surface area contributed by atoms with Crippen molar-refractivity contribution >= 4 is 35.1 Å². The fraction of sp³-hybridized carbons (Fsp3) is 0.377. The zero-order valence-electron chi connectivity index (χ0n) is 41.7. The number of esters is 2. The Labute approximate surface area is 447 Å². The van der Waals surface area contributed by atoms with E-state index in [2.05, 4.69) is 0 Å². The molecule has 3 aliphatic heterocycles. The van der Waals surface area contributed by atoms with Gasteiger partial charge in [0.05, 0.1) is 39.1 Å². The van der Waals surface area contributed by atoms with Gasteiger partial charge in [0.15, 0.2) is 41.5 Å². The highest BCUT2D eigenvalue weighted by atomic mass is 16.8. The van der Waals surface area contributed by atoms with Crippen LogP contribution in [0.3, 0.4) is 0 Å². The van der Waals surface area contributed by atoms with Crippen molar-refractivity contribution in [1.29, 1.82) is 0 Å². The molecule has 15 atom stereocenters. The van der Waals surface area contributed by atoms with Gasteiger partial charge >= 0.3 is 23.3 Å². The van der Waals surface area contributed by atoms with Crippen LogP contribution in [0.2, 0.25) is 0 Å². The Hall–Kier alpha value is -7.41. The first kappa shape index (κ1) is 57.8. The lowest BCUT2D eigenvalue weighted by Crippen LogP contribution is -2.65. The normalized spacial score (nSPS) is 29.1. The summed E-state index contributed by atoms with van der Waals surface area (Å²) in [5.74, 6) is -3.81. The third kappa shape index (κ3) is 13.0. The predicted molar refractivity (Wildman–Crippen MR) is 266 cm³/mol. The molecule has 4 heterocycles. The molecule has 0 radical (unpaired) electrons. The lowest BCUT2D eigenvalue weighted by Gasteiger charge is -2.46. The van der Waals surface area contributed by atoms with Crippen molar-refractivity contribution in [2.24, 2.45) is 0 Å². The summed E-state index contributed by atoms with van der Waals surface area (Å²) >= 11 is 0. The number of aliphatic hydroxyl groups excluding tert-OH is 9. The maximum absolute atomic E-state index is 13.4. The zero-order valence-corrected chi connectivity index (χ0v) is 41.7. The third-order valence-corrected chi connectivity index (χ3v) is 12.9. The predicted octanol–water partition coefficient (Wildman–Crippen LogP) is -0.0693. The first-order valence-electron chi connectivity index (χ1n) is 24.1. The standard InChI is InChI=1S/C53H56O26/c1-69-33-15-23(3-11-29(33)58)5-13-39(60)71-22-38-43(64)46(67)50(79-53-49(45(66)42(63)37(21-55)76-53)78-40(61)14-6-24-4-12-30(59)34(16-24)70-2)52(77-38)74-35-19-28-31(72-48(35)25-7-9-26(56)10-8-25)17-27(57)18-32(28)73-51-47(68)44(65)41(62)36(20-54)75-51/h3-19,36-38,41-47,49-55,62-68H,20-22H2,1-2H3,(H3-,56,57,58,59,60,61)/p+1. The summed E-state index contributed by atoms with van der Waals surface area (Å²) in [4.78, 5) is 26.5. The SMILES string of the molecule is COc1cc(C=CC(=O)OCC2OC(Oc3cc4c(OC5OC(CO)C(O)C(O)C5O)cc(O)cc4[o+]c3-c3ccc(O)cc3)C(OC3OC(CO)C(O)C(O)C3OC(=O)C=Cc3ccc(O)c(OC)c3)C(O)C2O)ccc1O. The number of methoxy groups -OCH3 is 2. The number of benzene rings is 4. The molecule has 0 amide bonds. The number of rotatable bonds is 18. The van der Waals surface area contributed by atoms with Crippen LogP contribution in [-0.4, -0.2) is 204 Å². The minimum Gasteiger partial charge on any atom is -0.508 e. The zero-order chi connectivity index (χ0) is 56.8. The number of carbonyl (C=O) groups is 2. The van der Waals surface area contributed by atoms with Gasteiger partial charge in [-0.2, -0.15) is 0 Å². The minimum atomic E-state index is -2.15. The van der Waals surface area contributed by atoms with Crippen LogP contribution in [0.5, 0.6) is 46.0 Å². The second-order valence-corrected chi connectivity index (χ2v) is 18.2. The van der Waals surface area contributed by atoms with Gasteiger partial charge in [-0.05, 0) is 71.8 Å². The van der Waals surface area contributed by atoms with Crippen molar-refractivity contribution in [1.82, 2.24) is 0 Å². The van der Waals surface area contributed by atoms with E-state index in [4.69, 9.17) is 51.8 Å². The first-order valence-corrected chi connectivity index (χ1v) is 24.1. The van der Waals surface area contributed by atoms with Gasteiger partial charge in [0, 0.05) is 24.3 Å². The summed E-state index contributed by atoms with van der Waals surface area (Å²) in [5.41, 5.74) is 0.794. The van der Waals surface area contributed by atoms with Crippen LogP contribution in [0.25, 0.3) is 34.4 Å². The summed E-state index contributed by atoms with van der Waals surface area (Å²) in [5, 5.41) is 139. The van der Waals surface area contributed by atoms with Crippen LogP contribution >= 0.6 is 0 Å². The number of phenols is 4. The summed E-state index contributed by atoms with van der Waals surface area (Å²) < 4.78 is 63.7. The lowest BCUT2D eigenvalue weighted by atomic mass is 9.97. The number of aromatic hydroxyl groups is 4. The molecule has 26 heteroatoms. The number of hydrogen-bond donors (Lipinski definition) is 13. The Kier molecular flexibility index (Phi) is 18.4. The van der Waals surface area contributed by atoms with E-state index in [1.54, 1.807) is 0 Å². The summed E-state index contributed by atoms with van der Waals surface area (Å²) in [6.07, 6.45) is -23.8. The maximum Gasteiger partial charge on any atom is 0.402 e. The number of aliphatic hydroxyl groups is 9. The fourth-order valence-corrected chi connectivity index (χ4v) is 8.62. The third-order valence-electron chi connectivity index (χ3n) is 12.9. The molecule has 8 rings (SSSR count). The second kappa shape index (κ2) is 25.1. The Morgan fingerprint density at radius 3 is 1.70 bits per heavy atom. The lowest BCUT2D eigenvalue weighted by molar-refractivity contribution is -0.358. The van der Waals surface area contributed by atoms with Crippen LogP contribution in [0, 0.1) is 0 Å². The van der Waals surface area contributed by atoms with Crippen molar-refractivity contribution in [3.63, 3.8) is 0 Å². The molecule has 13 N–H and O–H groups in total. The van der Waals surface area contributed by atoms with Crippen LogP contribution in [0.15, 0.2) is 95.4 Å². The summed E-state index contributed by atoms with van der Waals surface area (Å²) in [6, 6.07) is 17.2. The van der Waals surface area contributed by atoms with Gasteiger partial charge in [-0.3, -0.25) is 0 Å². The van der Waals surface area contributed by atoms with Crippen molar-refractivity contribution in [2.45, 2.75) is 92.1 Å². The topological polar surface area (TPSA) is 401 Å². The molecule has 3 saturated heterocycles. The van der Waals surface area contributed by atoms with Crippen LogP contribution < -0.4 is 18.9 Å². The molecule has 0 aliphatic carbocycles. The molecule has 424 valence electrons. The van der Waals surface area contributed by atoms with E-state index < -0.39 is 130 Å². The number of ether oxygens (including phenoxy) is 10. The molecule has 5 aromatic rings. The minimum absolute atomic E-state index is 0.0726. The van der Waals surface area contributed by atoms with Gasteiger partial charge in [-0.25, -0.2) is 14.0 Å². The molecular formula is C53H57O26+. The second-order valence-electron chi connectivity index (χ2n) is 18.2. The monoisotopic (exact) mass is 1110 g/mol. The summed E-state index contributed by atoms with van der Waals surface area (Å²) in [7, 11) is 2.64. The number of hydrogen-bond acceptors (Lipinski definition) is 25. The van der Waals surface area contributed by atoms with Crippen molar-refractivity contribution in [2.75, 3.05) is 34.0 Å².